The molecule has 0 bridgehead atoms. The van der Waals surface area contributed by atoms with Gasteiger partial charge < -0.3 is 10.5 Å². The second kappa shape index (κ2) is 6.16. The van der Waals surface area contributed by atoms with E-state index in [0.717, 1.165) is 30.2 Å². The lowest BCUT2D eigenvalue weighted by Crippen LogP contribution is -2.48. The van der Waals surface area contributed by atoms with Crippen LogP contribution in [0.5, 0.6) is 5.75 Å². The summed E-state index contributed by atoms with van der Waals surface area (Å²) in [6.07, 6.45) is 0. The number of ether oxygens (including phenoxy) is 1. The van der Waals surface area contributed by atoms with Gasteiger partial charge in [-0.1, -0.05) is 6.92 Å². The topological polar surface area (TPSA) is 51.4 Å². The number of nitrogens with two attached hydrogens (primary N) is 1. The zero-order valence-corrected chi connectivity index (χ0v) is 12.2. The molecule has 0 aromatic carbocycles. The number of likely N-dealkylation sites (N-methyl/N-ethyl adjacent to an activating group) is 1. The quantitative estimate of drug-likeness (QED) is 0.839. The fourth-order valence-corrected chi connectivity index (χ4v) is 1.98. The Labute approximate surface area is 110 Å². The van der Waals surface area contributed by atoms with Crippen LogP contribution in [0.2, 0.25) is 0 Å². The molecule has 0 radical (unpaired) electrons. The molecular formula is C14H25N3O. The standard InChI is InChI=1S/C14H25N3O/c1-6-17(14(3,4)10-15)9-12-8-13(18-5)7-11(2)16-12/h7-8H,6,9-10,15H2,1-5H3. The van der Waals surface area contributed by atoms with E-state index in [-0.39, 0.29) is 5.54 Å². The van der Waals surface area contributed by atoms with Crippen molar-refractivity contribution in [2.75, 3.05) is 20.2 Å². The average Bonchev–Trinajstić information content (AvgIpc) is 2.34. The molecule has 1 aromatic rings. The molecule has 0 saturated heterocycles. The fourth-order valence-electron chi connectivity index (χ4n) is 1.98. The van der Waals surface area contributed by atoms with E-state index in [2.05, 4.69) is 30.7 Å². The first-order chi connectivity index (χ1) is 8.42. The Hall–Kier alpha value is -1.13. The highest BCUT2D eigenvalue weighted by atomic mass is 16.5. The van der Waals surface area contributed by atoms with E-state index in [1.54, 1.807) is 7.11 Å². The van der Waals surface area contributed by atoms with E-state index in [0.29, 0.717) is 6.54 Å². The normalized spacial score (nSPS) is 11.9. The van der Waals surface area contributed by atoms with Gasteiger partial charge in [0.2, 0.25) is 0 Å². The Morgan fingerprint density at radius 1 is 1.39 bits per heavy atom. The van der Waals surface area contributed by atoms with E-state index >= 15 is 0 Å². The van der Waals surface area contributed by atoms with Gasteiger partial charge in [-0.2, -0.15) is 0 Å². The molecule has 4 nitrogen and oxygen atoms in total. The van der Waals surface area contributed by atoms with Crippen LogP contribution < -0.4 is 10.5 Å². The minimum Gasteiger partial charge on any atom is -0.497 e. The van der Waals surface area contributed by atoms with Crippen LogP contribution in [0.3, 0.4) is 0 Å². The van der Waals surface area contributed by atoms with Crippen LogP contribution in [0.4, 0.5) is 0 Å². The SMILES string of the molecule is CCN(Cc1cc(OC)cc(C)n1)C(C)(C)CN. The van der Waals surface area contributed by atoms with Crippen LogP contribution in [0.15, 0.2) is 12.1 Å². The summed E-state index contributed by atoms with van der Waals surface area (Å²) in [5.74, 6) is 0.860. The molecule has 0 aliphatic heterocycles. The van der Waals surface area contributed by atoms with E-state index < -0.39 is 0 Å². The Morgan fingerprint density at radius 2 is 2.06 bits per heavy atom. The molecule has 0 spiro atoms. The third-order valence-electron chi connectivity index (χ3n) is 3.31. The van der Waals surface area contributed by atoms with E-state index in [9.17, 15) is 0 Å². The van der Waals surface area contributed by atoms with Gasteiger partial charge in [0.05, 0.1) is 12.8 Å². The van der Waals surface area contributed by atoms with Gasteiger partial charge in [0.15, 0.2) is 0 Å². The predicted octanol–water partition coefficient (Wildman–Crippen LogP) is 1.96. The molecule has 1 rings (SSSR count). The Morgan fingerprint density at radius 3 is 2.56 bits per heavy atom. The number of aryl methyl sites for hydroxylation is 1. The number of pyridine rings is 1. The summed E-state index contributed by atoms with van der Waals surface area (Å²) >= 11 is 0. The highest BCUT2D eigenvalue weighted by Crippen LogP contribution is 2.19. The van der Waals surface area contributed by atoms with Crippen molar-refractivity contribution in [2.45, 2.75) is 39.8 Å². The molecule has 0 fully saturated rings. The molecule has 0 aliphatic carbocycles. The van der Waals surface area contributed by atoms with Gasteiger partial charge in [-0.15, -0.1) is 0 Å². The third-order valence-corrected chi connectivity index (χ3v) is 3.31. The summed E-state index contributed by atoms with van der Waals surface area (Å²) in [6.45, 7) is 10.8. The van der Waals surface area contributed by atoms with Crippen molar-refractivity contribution in [3.05, 3.63) is 23.5 Å². The molecule has 0 atom stereocenters. The maximum Gasteiger partial charge on any atom is 0.122 e. The van der Waals surface area contributed by atoms with Gasteiger partial charge in [-0.05, 0) is 27.3 Å². The van der Waals surface area contributed by atoms with Crippen molar-refractivity contribution in [1.29, 1.82) is 0 Å². The zero-order chi connectivity index (χ0) is 13.8. The highest BCUT2D eigenvalue weighted by molar-refractivity contribution is 5.26. The average molecular weight is 251 g/mol. The molecule has 0 aliphatic rings. The Balaban J connectivity index is 2.91. The fraction of sp³-hybridized carbons (Fsp3) is 0.643. The third kappa shape index (κ3) is 3.68. The zero-order valence-electron chi connectivity index (χ0n) is 12.2. The van der Waals surface area contributed by atoms with Crippen molar-refractivity contribution in [3.8, 4) is 5.75 Å². The Kier molecular flexibility index (Phi) is 5.11. The largest absolute Gasteiger partial charge is 0.497 e. The summed E-state index contributed by atoms with van der Waals surface area (Å²) in [7, 11) is 1.68. The molecule has 0 unspecified atom stereocenters. The van der Waals surface area contributed by atoms with Gasteiger partial charge in [-0.25, -0.2) is 0 Å². The summed E-state index contributed by atoms with van der Waals surface area (Å²) in [5, 5.41) is 0. The molecule has 0 amide bonds. The summed E-state index contributed by atoms with van der Waals surface area (Å²) in [4.78, 5) is 6.88. The molecule has 1 heterocycles. The maximum atomic E-state index is 5.84. The molecule has 18 heavy (non-hydrogen) atoms. The first-order valence-electron chi connectivity index (χ1n) is 6.39. The van der Waals surface area contributed by atoms with Gasteiger partial charge >= 0.3 is 0 Å². The smallest absolute Gasteiger partial charge is 0.122 e. The van der Waals surface area contributed by atoms with Crippen molar-refractivity contribution in [2.24, 2.45) is 5.73 Å². The molecule has 0 saturated carbocycles. The lowest BCUT2D eigenvalue weighted by Gasteiger charge is -2.36. The van der Waals surface area contributed by atoms with Crippen molar-refractivity contribution in [3.63, 3.8) is 0 Å². The summed E-state index contributed by atoms with van der Waals surface area (Å²) < 4.78 is 5.28. The van der Waals surface area contributed by atoms with Crippen LogP contribution in [0.25, 0.3) is 0 Å². The van der Waals surface area contributed by atoms with Crippen LogP contribution in [-0.2, 0) is 6.54 Å². The number of rotatable bonds is 6. The van der Waals surface area contributed by atoms with Gasteiger partial charge in [0.1, 0.15) is 5.75 Å². The number of hydrogen-bond donors (Lipinski definition) is 1. The van der Waals surface area contributed by atoms with Crippen molar-refractivity contribution >= 4 is 0 Å². The van der Waals surface area contributed by atoms with Crippen molar-refractivity contribution in [1.82, 2.24) is 9.88 Å². The minimum absolute atomic E-state index is 0.0204. The van der Waals surface area contributed by atoms with Crippen LogP contribution >= 0.6 is 0 Å². The molecular weight excluding hydrogens is 226 g/mol. The molecule has 2 N–H and O–H groups in total. The summed E-state index contributed by atoms with van der Waals surface area (Å²) in [6, 6.07) is 3.93. The van der Waals surface area contributed by atoms with Crippen LogP contribution in [-0.4, -0.2) is 35.6 Å². The van der Waals surface area contributed by atoms with Crippen LogP contribution in [0, 0.1) is 6.92 Å². The monoisotopic (exact) mass is 251 g/mol. The second-order valence-electron chi connectivity index (χ2n) is 5.17. The number of nitrogens with zero attached hydrogens (tertiary/aromatic N) is 2. The number of hydrogen-bond acceptors (Lipinski definition) is 4. The van der Waals surface area contributed by atoms with E-state index in [4.69, 9.17) is 10.5 Å². The maximum absolute atomic E-state index is 5.84. The summed E-state index contributed by atoms with van der Waals surface area (Å²) in [5.41, 5.74) is 7.82. The van der Waals surface area contributed by atoms with Gasteiger partial charge in [0.25, 0.3) is 0 Å². The van der Waals surface area contributed by atoms with E-state index in [1.165, 1.54) is 0 Å². The molecule has 1 aromatic heterocycles. The molecule has 102 valence electrons. The highest BCUT2D eigenvalue weighted by Gasteiger charge is 2.24. The number of methoxy groups -OCH3 is 1. The van der Waals surface area contributed by atoms with Crippen LogP contribution in [0.1, 0.15) is 32.2 Å². The lowest BCUT2D eigenvalue weighted by molar-refractivity contribution is 0.124. The minimum atomic E-state index is -0.0204. The van der Waals surface area contributed by atoms with Gasteiger partial charge in [0, 0.05) is 36.5 Å². The van der Waals surface area contributed by atoms with Gasteiger partial charge in [-0.3, -0.25) is 9.88 Å². The lowest BCUT2D eigenvalue weighted by atomic mass is 10.0. The Bertz CT molecular complexity index is 391. The van der Waals surface area contributed by atoms with E-state index in [1.807, 2.05) is 19.1 Å². The number of aromatic nitrogens is 1. The second-order valence-corrected chi connectivity index (χ2v) is 5.17. The first-order valence-corrected chi connectivity index (χ1v) is 6.39. The molecule has 4 heteroatoms. The van der Waals surface area contributed by atoms with Crippen molar-refractivity contribution < 1.29 is 4.74 Å². The predicted molar refractivity (Wildman–Crippen MR) is 74.7 cm³/mol. The first kappa shape index (κ1) is 14.9.